The molecule has 3 rings (SSSR count). The van der Waals surface area contributed by atoms with E-state index < -0.39 is 5.97 Å². The minimum Gasteiger partial charge on any atom is -0.504 e. The van der Waals surface area contributed by atoms with Gasteiger partial charge in [-0.25, -0.2) is 4.79 Å². The van der Waals surface area contributed by atoms with Crippen molar-refractivity contribution in [3.63, 3.8) is 0 Å². The van der Waals surface area contributed by atoms with E-state index in [0.29, 0.717) is 40.7 Å². The highest BCUT2D eigenvalue weighted by molar-refractivity contribution is 6.21. The molecule has 0 aliphatic heterocycles. The molecule has 4 nitrogen and oxygen atoms in total. The molecule has 0 heterocycles. The van der Waals surface area contributed by atoms with E-state index in [1.807, 2.05) is 55.5 Å². The maximum atomic E-state index is 12.0. The number of rotatable bonds is 7. The second kappa shape index (κ2) is 8.82. The van der Waals surface area contributed by atoms with E-state index >= 15 is 0 Å². The Morgan fingerprint density at radius 2 is 1.76 bits per heavy atom. The number of carbonyl (C=O) groups is 1. The SMILES string of the molecule is CCCOc1cc(C(C(=O)O)=C(C)C)c2cccc(Cc3ccccc3)c2c1O. The van der Waals surface area contributed by atoms with E-state index in [-0.39, 0.29) is 11.3 Å². The first-order chi connectivity index (χ1) is 13.9. The third-order valence-electron chi connectivity index (χ3n) is 4.87. The van der Waals surface area contributed by atoms with Gasteiger partial charge in [0.05, 0.1) is 12.2 Å². The number of phenolic OH excluding ortho intramolecular Hbond substituents is 1. The highest BCUT2D eigenvalue weighted by atomic mass is 16.5. The van der Waals surface area contributed by atoms with Gasteiger partial charge < -0.3 is 14.9 Å². The Morgan fingerprint density at radius 3 is 2.38 bits per heavy atom. The number of phenols is 1. The molecule has 0 fully saturated rings. The van der Waals surface area contributed by atoms with Crippen molar-refractivity contribution in [2.75, 3.05) is 6.61 Å². The maximum Gasteiger partial charge on any atom is 0.336 e. The van der Waals surface area contributed by atoms with Crippen LogP contribution in [0.3, 0.4) is 0 Å². The number of ether oxygens (including phenoxy) is 1. The van der Waals surface area contributed by atoms with Gasteiger partial charge >= 0.3 is 5.97 Å². The van der Waals surface area contributed by atoms with Crippen molar-refractivity contribution in [1.82, 2.24) is 0 Å². The summed E-state index contributed by atoms with van der Waals surface area (Å²) in [5.41, 5.74) is 3.52. The van der Waals surface area contributed by atoms with Crippen LogP contribution in [0.4, 0.5) is 0 Å². The van der Waals surface area contributed by atoms with Crippen LogP contribution in [0.5, 0.6) is 11.5 Å². The fraction of sp³-hybridized carbons (Fsp3) is 0.240. The molecule has 0 radical (unpaired) electrons. The normalized spacial score (nSPS) is 10.7. The minimum absolute atomic E-state index is 0.0576. The molecule has 0 unspecified atom stereocenters. The van der Waals surface area contributed by atoms with Gasteiger partial charge in [0.1, 0.15) is 0 Å². The molecule has 3 aromatic carbocycles. The molecule has 0 bridgehead atoms. The van der Waals surface area contributed by atoms with E-state index in [2.05, 4.69) is 0 Å². The van der Waals surface area contributed by atoms with Crippen LogP contribution in [0, 0.1) is 0 Å². The lowest BCUT2D eigenvalue weighted by molar-refractivity contribution is -0.130. The van der Waals surface area contributed by atoms with Crippen LogP contribution in [0.15, 0.2) is 60.2 Å². The molecule has 0 saturated heterocycles. The average molecular weight is 390 g/mol. The van der Waals surface area contributed by atoms with E-state index in [1.54, 1.807) is 19.9 Å². The number of hydrogen-bond acceptors (Lipinski definition) is 3. The smallest absolute Gasteiger partial charge is 0.336 e. The van der Waals surface area contributed by atoms with Crippen molar-refractivity contribution in [2.45, 2.75) is 33.6 Å². The van der Waals surface area contributed by atoms with Gasteiger partial charge in [0, 0.05) is 10.9 Å². The molecule has 0 saturated carbocycles. The zero-order valence-corrected chi connectivity index (χ0v) is 17.0. The van der Waals surface area contributed by atoms with Crippen LogP contribution in [-0.4, -0.2) is 22.8 Å². The molecule has 3 aromatic rings. The zero-order valence-electron chi connectivity index (χ0n) is 17.0. The van der Waals surface area contributed by atoms with Gasteiger partial charge in [0.2, 0.25) is 0 Å². The topological polar surface area (TPSA) is 66.8 Å². The van der Waals surface area contributed by atoms with Crippen molar-refractivity contribution < 1.29 is 19.7 Å². The van der Waals surface area contributed by atoms with Crippen LogP contribution < -0.4 is 4.74 Å². The number of benzene rings is 3. The minimum atomic E-state index is -0.994. The van der Waals surface area contributed by atoms with Gasteiger partial charge in [-0.3, -0.25) is 0 Å². The summed E-state index contributed by atoms with van der Waals surface area (Å²) >= 11 is 0. The fourth-order valence-corrected chi connectivity index (χ4v) is 3.60. The third kappa shape index (κ3) is 4.27. The predicted molar refractivity (Wildman–Crippen MR) is 117 cm³/mol. The van der Waals surface area contributed by atoms with Gasteiger partial charge in [0.15, 0.2) is 11.5 Å². The Hall–Kier alpha value is -3.27. The van der Waals surface area contributed by atoms with Crippen LogP contribution >= 0.6 is 0 Å². The van der Waals surface area contributed by atoms with Crippen molar-refractivity contribution in [3.05, 3.63) is 76.9 Å². The van der Waals surface area contributed by atoms with Crippen molar-refractivity contribution in [3.8, 4) is 11.5 Å². The lowest BCUT2D eigenvalue weighted by atomic mass is 9.90. The van der Waals surface area contributed by atoms with Gasteiger partial charge in [-0.2, -0.15) is 0 Å². The lowest BCUT2D eigenvalue weighted by Gasteiger charge is -2.17. The Balaban J connectivity index is 2.31. The van der Waals surface area contributed by atoms with Gasteiger partial charge in [-0.1, -0.05) is 61.0 Å². The van der Waals surface area contributed by atoms with Crippen molar-refractivity contribution in [2.24, 2.45) is 0 Å². The first-order valence-electron chi connectivity index (χ1n) is 9.79. The Labute approximate surface area is 171 Å². The highest BCUT2D eigenvalue weighted by Gasteiger charge is 2.21. The van der Waals surface area contributed by atoms with Crippen LogP contribution in [0.25, 0.3) is 16.3 Å². The van der Waals surface area contributed by atoms with Gasteiger partial charge in [0.25, 0.3) is 0 Å². The molecule has 0 amide bonds. The summed E-state index contributed by atoms with van der Waals surface area (Å²) in [7, 11) is 0. The first-order valence-corrected chi connectivity index (χ1v) is 9.79. The Bertz CT molecular complexity index is 1060. The summed E-state index contributed by atoms with van der Waals surface area (Å²) in [6.07, 6.45) is 1.41. The summed E-state index contributed by atoms with van der Waals surface area (Å²) < 4.78 is 5.78. The number of hydrogen-bond donors (Lipinski definition) is 2. The van der Waals surface area contributed by atoms with Gasteiger partial charge in [-0.05, 0) is 49.3 Å². The number of fused-ring (bicyclic) bond motifs is 1. The number of carboxylic acids is 1. The zero-order chi connectivity index (χ0) is 21.0. The summed E-state index contributed by atoms with van der Waals surface area (Å²) in [4.78, 5) is 12.0. The quantitative estimate of drug-likeness (QED) is 0.500. The second-order valence-electron chi connectivity index (χ2n) is 7.30. The Morgan fingerprint density at radius 1 is 1.03 bits per heavy atom. The molecule has 0 aliphatic rings. The van der Waals surface area contributed by atoms with Crippen LogP contribution in [0.2, 0.25) is 0 Å². The predicted octanol–water partition coefficient (Wildman–Crippen LogP) is 5.80. The van der Waals surface area contributed by atoms with E-state index in [1.165, 1.54) is 0 Å². The number of carboxylic acid groups (broad SMARTS) is 1. The number of allylic oxidation sites excluding steroid dienone is 1. The van der Waals surface area contributed by atoms with Crippen molar-refractivity contribution >= 4 is 22.3 Å². The molecule has 2 N–H and O–H groups in total. The summed E-state index contributed by atoms with van der Waals surface area (Å²) in [5, 5.41) is 22.2. The third-order valence-corrected chi connectivity index (χ3v) is 4.87. The molecule has 150 valence electrons. The largest absolute Gasteiger partial charge is 0.504 e. The van der Waals surface area contributed by atoms with Gasteiger partial charge in [-0.15, -0.1) is 0 Å². The highest BCUT2D eigenvalue weighted by Crippen LogP contribution is 2.42. The molecule has 0 spiro atoms. The van der Waals surface area contributed by atoms with E-state index in [0.717, 1.165) is 17.5 Å². The number of aliphatic carboxylic acids is 1. The van der Waals surface area contributed by atoms with Crippen LogP contribution in [-0.2, 0) is 11.2 Å². The number of aromatic hydroxyl groups is 1. The Kier molecular flexibility index (Phi) is 6.23. The molecule has 4 heteroatoms. The summed E-state index contributed by atoms with van der Waals surface area (Å²) in [6.45, 7) is 5.99. The van der Waals surface area contributed by atoms with Crippen molar-refractivity contribution in [1.29, 1.82) is 0 Å². The molecule has 29 heavy (non-hydrogen) atoms. The average Bonchev–Trinajstić information content (AvgIpc) is 2.69. The monoisotopic (exact) mass is 390 g/mol. The lowest BCUT2D eigenvalue weighted by Crippen LogP contribution is -2.05. The standard InChI is InChI=1S/C25H26O4/c1-4-13-29-21-15-20(22(16(2)3)25(27)28)19-12-8-11-18(23(19)24(21)26)14-17-9-6-5-7-10-17/h5-12,15,26H,4,13-14H2,1-3H3,(H,27,28). The van der Waals surface area contributed by atoms with Crippen LogP contribution in [0.1, 0.15) is 43.9 Å². The summed E-state index contributed by atoms with van der Waals surface area (Å²) in [5.74, 6) is -0.621. The molecule has 0 aromatic heterocycles. The van der Waals surface area contributed by atoms with E-state index in [4.69, 9.17) is 4.74 Å². The maximum absolute atomic E-state index is 12.0. The molecular formula is C25H26O4. The molecule has 0 aliphatic carbocycles. The molecular weight excluding hydrogens is 364 g/mol. The fourth-order valence-electron chi connectivity index (χ4n) is 3.60. The first kappa shape index (κ1) is 20.5. The molecule has 0 atom stereocenters. The second-order valence-corrected chi connectivity index (χ2v) is 7.30. The summed E-state index contributed by atoms with van der Waals surface area (Å²) in [6, 6.07) is 17.4. The van der Waals surface area contributed by atoms with E-state index in [9.17, 15) is 15.0 Å².